The molecular formula is C15H28N2O2. The Hall–Kier alpha value is -1.19. The molecule has 1 aromatic rings. The first-order valence-corrected chi connectivity index (χ1v) is 7.60. The third-order valence-electron chi connectivity index (χ3n) is 3.64. The van der Waals surface area contributed by atoms with Crippen LogP contribution in [0.15, 0.2) is 0 Å². The maximum Gasteiger partial charge on any atom is 0.275 e. The predicted molar refractivity (Wildman–Crippen MR) is 77.5 cm³/mol. The average Bonchev–Trinajstić information content (AvgIpc) is 2.64. The second kappa shape index (κ2) is 8.83. The molecule has 4 nitrogen and oxygen atoms in total. The van der Waals surface area contributed by atoms with Gasteiger partial charge >= 0.3 is 0 Å². The van der Waals surface area contributed by atoms with Crippen LogP contribution in [-0.2, 0) is 13.5 Å². The minimum atomic E-state index is -0.256. The average molecular weight is 268 g/mol. The highest BCUT2D eigenvalue weighted by Crippen LogP contribution is 2.24. The summed E-state index contributed by atoms with van der Waals surface area (Å²) < 4.78 is 1.56. The molecule has 0 unspecified atom stereocenters. The Morgan fingerprint density at radius 1 is 0.895 bits per heavy atom. The minimum Gasteiger partial charge on any atom is -0.491 e. The molecule has 19 heavy (non-hydrogen) atoms. The van der Waals surface area contributed by atoms with Crippen LogP contribution in [0, 0.1) is 0 Å². The van der Waals surface area contributed by atoms with Crippen LogP contribution in [0.4, 0.5) is 0 Å². The first kappa shape index (κ1) is 15.9. The summed E-state index contributed by atoms with van der Waals surface area (Å²) in [5, 5.41) is 18.7. The van der Waals surface area contributed by atoms with Gasteiger partial charge in [0.15, 0.2) is 0 Å². The van der Waals surface area contributed by atoms with Crippen LogP contribution in [0.1, 0.15) is 70.5 Å². The van der Waals surface area contributed by atoms with E-state index in [0.29, 0.717) is 0 Å². The molecule has 0 atom stereocenters. The highest BCUT2D eigenvalue weighted by atomic mass is 16.3. The molecule has 0 spiro atoms. The topological polar surface area (TPSA) is 58.3 Å². The van der Waals surface area contributed by atoms with Gasteiger partial charge in [-0.3, -0.25) is 4.57 Å². The Morgan fingerprint density at radius 2 is 1.42 bits per heavy atom. The van der Waals surface area contributed by atoms with Gasteiger partial charge in [0.1, 0.15) is 5.82 Å². The summed E-state index contributed by atoms with van der Waals surface area (Å²) in [5.41, 5.74) is 0. The lowest BCUT2D eigenvalue weighted by Gasteiger charge is -2.03. The first-order valence-electron chi connectivity index (χ1n) is 7.60. The van der Waals surface area contributed by atoms with Gasteiger partial charge in [-0.15, -0.1) is 0 Å². The van der Waals surface area contributed by atoms with Crippen molar-refractivity contribution in [1.29, 1.82) is 0 Å². The van der Waals surface area contributed by atoms with E-state index in [2.05, 4.69) is 11.9 Å². The Labute approximate surface area is 116 Å². The van der Waals surface area contributed by atoms with E-state index >= 15 is 0 Å². The number of aromatic nitrogens is 2. The van der Waals surface area contributed by atoms with E-state index in [0.717, 1.165) is 18.7 Å². The fourth-order valence-electron chi connectivity index (χ4n) is 2.34. The van der Waals surface area contributed by atoms with E-state index in [1.54, 1.807) is 11.6 Å². The number of unbranched alkanes of at least 4 members (excludes halogenated alkanes) is 8. The van der Waals surface area contributed by atoms with E-state index < -0.39 is 0 Å². The Kier molecular flexibility index (Phi) is 7.38. The number of hydrogen-bond acceptors (Lipinski definition) is 3. The van der Waals surface area contributed by atoms with Crippen LogP contribution in [0.2, 0.25) is 0 Å². The summed E-state index contributed by atoms with van der Waals surface area (Å²) in [7, 11) is 1.73. The number of hydrogen-bond donors (Lipinski definition) is 2. The van der Waals surface area contributed by atoms with Gasteiger partial charge in [0.25, 0.3) is 11.8 Å². The molecule has 2 N–H and O–H groups in total. The molecule has 1 rings (SSSR count). The number of aromatic hydroxyl groups is 2. The van der Waals surface area contributed by atoms with Gasteiger partial charge in [-0.2, -0.15) is 4.98 Å². The summed E-state index contributed by atoms with van der Waals surface area (Å²) in [4.78, 5) is 3.95. The van der Waals surface area contributed by atoms with Crippen molar-refractivity contribution in [1.82, 2.24) is 9.55 Å². The van der Waals surface area contributed by atoms with Gasteiger partial charge in [0.2, 0.25) is 0 Å². The molecule has 110 valence electrons. The molecule has 0 aliphatic heterocycles. The Morgan fingerprint density at radius 3 is 1.89 bits per heavy atom. The van der Waals surface area contributed by atoms with Crippen LogP contribution in [0.5, 0.6) is 11.8 Å². The van der Waals surface area contributed by atoms with Gasteiger partial charge in [0, 0.05) is 13.5 Å². The summed E-state index contributed by atoms with van der Waals surface area (Å²) in [6.07, 6.45) is 12.5. The number of imidazole rings is 1. The molecule has 0 amide bonds. The van der Waals surface area contributed by atoms with Crippen LogP contribution < -0.4 is 0 Å². The number of nitrogens with zero attached hydrogens (tertiary/aromatic N) is 2. The van der Waals surface area contributed by atoms with E-state index in [1.807, 2.05) is 0 Å². The molecule has 0 saturated heterocycles. The largest absolute Gasteiger partial charge is 0.491 e. The van der Waals surface area contributed by atoms with Gasteiger partial charge < -0.3 is 10.2 Å². The zero-order valence-electron chi connectivity index (χ0n) is 12.4. The molecule has 0 aliphatic rings. The van der Waals surface area contributed by atoms with Gasteiger partial charge in [-0.05, 0) is 6.42 Å². The normalized spacial score (nSPS) is 11.1. The van der Waals surface area contributed by atoms with Crippen LogP contribution >= 0.6 is 0 Å². The van der Waals surface area contributed by atoms with Crippen molar-refractivity contribution in [3.63, 3.8) is 0 Å². The molecule has 0 fully saturated rings. The van der Waals surface area contributed by atoms with Crippen LogP contribution in [0.3, 0.4) is 0 Å². The van der Waals surface area contributed by atoms with Crippen molar-refractivity contribution in [2.45, 2.75) is 71.1 Å². The Bertz CT molecular complexity index is 361. The summed E-state index contributed by atoms with van der Waals surface area (Å²) >= 11 is 0. The number of aryl methyl sites for hydroxylation is 1. The maximum absolute atomic E-state index is 9.42. The highest BCUT2D eigenvalue weighted by Gasteiger charge is 2.11. The molecule has 0 aromatic carbocycles. The lowest BCUT2D eigenvalue weighted by molar-refractivity contribution is 0.373. The zero-order valence-corrected chi connectivity index (χ0v) is 12.4. The summed E-state index contributed by atoms with van der Waals surface area (Å²) in [6, 6.07) is 0. The van der Waals surface area contributed by atoms with Crippen molar-refractivity contribution in [2.75, 3.05) is 0 Å². The van der Waals surface area contributed by atoms with Gasteiger partial charge in [-0.1, -0.05) is 58.3 Å². The third-order valence-corrected chi connectivity index (χ3v) is 3.64. The Balaban J connectivity index is 2.03. The maximum atomic E-state index is 9.42. The second-order valence-electron chi connectivity index (χ2n) is 5.31. The molecule has 0 bridgehead atoms. The van der Waals surface area contributed by atoms with Crippen molar-refractivity contribution in [2.24, 2.45) is 7.05 Å². The SMILES string of the molecule is CCCCCCCCCCCc1nc(O)c(O)n1C. The molecule has 1 aromatic heterocycles. The van der Waals surface area contributed by atoms with E-state index in [4.69, 9.17) is 0 Å². The molecule has 1 heterocycles. The van der Waals surface area contributed by atoms with E-state index in [9.17, 15) is 10.2 Å². The first-order chi connectivity index (χ1) is 9.16. The third kappa shape index (κ3) is 5.53. The van der Waals surface area contributed by atoms with E-state index in [-0.39, 0.29) is 11.8 Å². The lowest BCUT2D eigenvalue weighted by atomic mass is 10.1. The predicted octanol–water partition coefficient (Wildman–Crippen LogP) is 3.90. The van der Waals surface area contributed by atoms with Crippen molar-refractivity contribution in [3.8, 4) is 11.8 Å². The number of rotatable bonds is 10. The fraction of sp³-hybridized carbons (Fsp3) is 0.800. The lowest BCUT2D eigenvalue weighted by Crippen LogP contribution is -1.97. The van der Waals surface area contributed by atoms with E-state index in [1.165, 1.54) is 51.4 Å². The quantitative estimate of drug-likeness (QED) is 0.633. The summed E-state index contributed by atoms with van der Waals surface area (Å²) in [6.45, 7) is 2.24. The molecule has 0 saturated carbocycles. The van der Waals surface area contributed by atoms with Crippen LogP contribution in [0.25, 0.3) is 0 Å². The van der Waals surface area contributed by atoms with Crippen molar-refractivity contribution < 1.29 is 10.2 Å². The standard InChI is InChI=1S/C15H28N2O2/c1-3-4-5-6-7-8-9-10-11-12-13-16-14(18)15(19)17(13)2/h18-19H,3-12H2,1-2H3. The minimum absolute atomic E-state index is 0.133. The fourth-order valence-corrected chi connectivity index (χ4v) is 2.34. The molecule has 0 aliphatic carbocycles. The van der Waals surface area contributed by atoms with Gasteiger partial charge in [-0.25, -0.2) is 0 Å². The van der Waals surface area contributed by atoms with Crippen LogP contribution in [-0.4, -0.2) is 19.8 Å². The smallest absolute Gasteiger partial charge is 0.275 e. The molecule has 0 radical (unpaired) electrons. The monoisotopic (exact) mass is 268 g/mol. The van der Waals surface area contributed by atoms with Crippen molar-refractivity contribution in [3.05, 3.63) is 5.82 Å². The zero-order chi connectivity index (χ0) is 14.1. The van der Waals surface area contributed by atoms with Gasteiger partial charge in [0.05, 0.1) is 0 Å². The highest BCUT2D eigenvalue weighted by molar-refractivity contribution is 5.26. The molecular weight excluding hydrogens is 240 g/mol. The molecule has 4 heteroatoms. The van der Waals surface area contributed by atoms with Crippen molar-refractivity contribution >= 4 is 0 Å². The second-order valence-corrected chi connectivity index (χ2v) is 5.31. The summed E-state index contributed by atoms with van der Waals surface area (Å²) in [5.74, 6) is 0.372.